The number of nitrogens with zero attached hydrogens (tertiary/aromatic N) is 1. The Bertz CT molecular complexity index is 1100. The van der Waals surface area contributed by atoms with E-state index < -0.39 is 5.92 Å². The van der Waals surface area contributed by atoms with Crippen molar-refractivity contribution >= 4 is 17.5 Å². The van der Waals surface area contributed by atoms with Gasteiger partial charge in [0.25, 0.3) is 0 Å². The Morgan fingerprint density at radius 1 is 1.10 bits per heavy atom. The number of carbonyl (C=O) groups excluding carboxylic acids is 2. The number of hydrogen-bond acceptors (Lipinski definition) is 3. The van der Waals surface area contributed by atoms with Crippen molar-refractivity contribution in [2.75, 3.05) is 19.0 Å². The van der Waals surface area contributed by atoms with Crippen molar-refractivity contribution in [3.8, 4) is 16.9 Å². The lowest BCUT2D eigenvalue weighted by Crippen LogP contribution is -2.28. The average Bonchev–Trinajstić information content (AvgIpc) is 3.14. The molecule has 1 heterocycles. The Kier molecular flexibility index (Phi) is 5.98. The molecule has 0 spiro atoms. The largest absolute Gasteiger partial charge is 0.497 e. The number of nitrogens with one attached hydrogen (secondary N) is 1. The van der Waals surface area contributed by atoms with Gasteiger partial charge in [0.15, 0.2) is 0 Å². The molecule has 1 N–H and O–H groups in total. The molecule has 1 aliphatic heterocycles. The number of hydrogen-bond donors (Lipinski definition) is 1. The third-order valence-electron chi connectivity index (χ3n) is 5.43. The van der Waals surface area contributed by atoms with Gasteiger partial charge in [0, 0.05) is 30.8 Å². The molecule has 6 heteroatoms. The highest BCUT2D eigenvalue weighted by Crippen LogP contribution is 2.30. The van der Waals surface area contributed by atoms with Crippen LogP contribution in [0.1, 0.15) is 12.0 Å². The van der Waals surface area contributed by atoms with Crippen LogP contribution in [0.4, 0.5) is 10.1 Å². The van der Waals surface area contributed by atoms with Gasteiger partial charge < -0.3 is 15.0 Å². The zero-order valence-electron chi connectivity index (χ0n) is 17.2. The van der Waals surface area contributed by atoms with Crippen LogP contribution < -0.4 is 10.1 Å². The lowest BCUT2D eigenvalue weighted by Gasteiger charge is -2.17. The fraction of sp³-hybridized carbons (Fsp3) is 0.200. The number of para-hydroxylation sites is 1. The number of amides is 2. The highest BCUT2D eigenvalue weighted by atomic mass is 19.1. The quantitative estimate of drug-likeness (QED) is 0.642. The summed E-state index contributed by atoms with van der Waals surface area (Å²) in [4.78, 5) is 27.0. The van der Waals surface area contributed by atoms with Gasteiger partial charge in [-0.1, -0.05) is 42.5 Å². The minimum absolute atomic E-state index is 0.104. The van der Waals surface area contributed by atoms with Crippen LogP contribution in [0.3, 0.4) is 0 Å². The molecule has 158 valence electrons. The molecule has 2 amide bonds. The molecule has 1 atom stereocenters. The molecular formula is C25H23FN2O3. The third-order valence-corrected chi connectivity index (χ3v) is 5.43. The number of anilines is 1. The molecule has 1 fully saturated rings. The Labute approximate surface area is 180 Å². The molecule has 5 nitrogen and oxygen atoms in total. The molecule has 4 rings (SSSR count). The topological polar surface area (TPSA) is 58.6 Å². The summed E-state index contributed by atoms with van der Waals surface area (Å²) in [6, 6.07) is 21.3. The second-order valence-corrected chi connectivity index (χ2v) is 7.57. The number of likely N-dealkylation sites (tertiary alicyclic amines) is 1. The van der Waals surface area contributed by atoms with Gasteiger partial charge in [-0.3, -0.25) is 9.59 Å². The van der Waals surface area contributed by atoms with E-state index in [1.54, 1.807) is 24.1 Å². The van der Waals surface area contributed by atoms with E-state index in [0.717, 1.165) is 16.9 Å². The first-order valence-electron chi connectivity index (χ1n) is 10.1. The summed E-state index contributed by atoms with van der Waals surface area (Å²) in [6.07, 6.45) is 0.145. The van der Waals surface area contributed by atoms with Crippen LogP contribution in [-0.2, 0) is 16.1 Å². The number of methoxy groups -OCH3 is 1. The normalized spacial score (nSPS) is 15.7. The van der Waals surface area contributed by atoms with Crippen molar-refractivity contribution in [3.05, 3.63) is 84.2 Å². The molecule has 1 saturated heterocycles. The first kappa shape index (κ1) is 20.6. The summed E-state index contributed by atoms with van der Waals surface area (Å²) in [6.45, 7) is 0.606. The third kappa shape index (κ3) is 4.74. The van der Waals surface area contributed by atoms with Crippen LogP contribution >= 0.6 is 0 Å². The van der Waals surface area contributed by atoms with Crippen LogP contribution in [0.15, 0.2) is 72.8 Å². The Hall–Kier alpha value is -3.67. The van der Waals surface area contributed by atoms with Crippen molar-refractivity contribution in [3.63, 3.8) is 0 Å². The van der Waals surface area contributed by atoms with Gasteiger partial charge in [0.2, 0.25) is 11.8 Å². The molecule has 0 unspecified atom stereocenters. The summed E-state index contributed by atoms with van der Waals surface area (Å²) in [5.74, 6) is -0.337. The van der Waals surface area contributed by atoms with Crippen molar-refractivity contribution in [1.29, 1.82) is 0 Å². The van der Waals surface area contributed by atoms with Gasteiger partial charge in [-0.05, 0) is 41.5 Å². The summed E-state index contributed by atoms with van der Waals surface area (Å²) in [5.41, 5.74) is 3.24. The molecule has 0 aromatic heterocycles. The highest BCUT2D eigenvalue weighted by molar-refractivity contribution is 6.00. The van der Waals surface area contributed by atoms with Crippen molar-refractivity contribution in [2.45, 2.75) is 13.0 Å². The van der Waals surface area contributed by atoms with E-state index in [-0.39, 0.29) is 24.1 Å². The predicted molar refractivity (Wildman–Crippen MR) is 117 cm³/mol. The summed E-state index contributed by atoms with van der Waals surface area (Å²) in [7, 11) is 1.61. The van der Waals surface area contributed by atoms with E-state index in [1.807, 2.05) is 48.5 Å². The molecule has 3 aromatic carbocycles. The smallest absolute Gasteiger partial charge is 0.229 e. The van der Waals surface area contributed by atoms with Crippen LogP contribution in [0, 0.1) is 11.7 Å². The molecule has 31 heavy (non-hydrogen) atoms. The second-order valence-electron chi connectivity index (χ2n) is 7.57. The predicted octanol–water partition coefficient (Wildman–Crippen LogP) is 4.49. The van der Waals surface area contributed by atoms with Gasteiger partial charge >= 0.3 is 0 Å². The Balaban J connectivity index is 1.46. The monoisotopic (exact) mass is 418 g/mol. The maximum atomic E-state index is 13.4. The van der Waals surface area contributed by atoms with Crippen LogP contribution in [0.5, 0.6) is 5.75 Å². The second kappa shape index (κ2) is 9.00. The van der Waals surface area contributed by atoms with Gasteiger partial charge in [-0.15, -0.1) is 0 Å². The van der Waals surface area contributed by atoms with Crippen LogP contribution in [0.25, 0.3) is 11.1 Å². The number of carbonyl (C=O) groups is 2. The van der Waals surface area contributed by atoms with Crippen molar-refractivity contribution < 1.29 is 18.7 Å². The van der Waals surface area contributed by atoms with Crippen molar-refractivity contribution in [2.24, 2.45) is 5.92 Å². The molecule has 0 aliphatic carbocycles. The Morgan fingerprint density at radius 3 is 2.61 bits per heavy atom. The molecule has 0 saturated carbocycles. The fourth-order valence-corrected chi connectivity index (χ4v) is 3.81. The number of benzene rings is 3. The van der Waals surface area contributed by atoms with E-state index in [4.69, 9.17) is 4.74 Å². The first-order chi connectivity index (χ1) is 15.0. The molecule has 3 aromatic rings. The van der Waals surface area contributed by atoms with Gasteiger partial charge in [0.1, 0.15) is 11.6 Å². The van der Waals surface area contributed by atoms with Gasteiger partial charge in [0.05, 0.1) is 13.0 Å². The maximum absolute atomic E-state index is 13.4. The van der Waals surface area contributed by atoms with Gasteiger partial charge in [-0.2, -0.15) is 0 Å². The van der Waals surface area contributed by atoms with E-state index in [2.05, 4.69) is 5.32 Å². The standard InChI is InChI=1S/C25H23FN2O3/c1-31-21-11-9-18(10-12-21)22-7-2-3-8-23(22)27-25(30)19-14-24(29)28(16-19)15-17-5-4-6-20(26)13-17/h2-13,19H,14-16H2,1H3,(H,27,30)/t19-/m0/s1. The zero-order valence-corrected chi connectivity index (χ0v) is 17.2. The molecule has 0 radical (unpaired) electrons. The van der Waals surface area contributed by atoms with E-state index in [9.17, 15) is 14.0 Å². The summed E-state index contributed by atoms with van der Waals surface area (Å²) < 4.78 is 18.6. The van der Waals surface area contributed by atoms with Gasteiger partial charge in [-0.25, -0.2) is 4.39 Å². The van der Waals surface area contributed by atoms with Crippen LogP contribution in [0.2, 0.25) is 0 Å². The van der Waals surface area contributed by atoms with E-state index >= 15 is 0 Å². The number of rotatable bonds is 6. The highest BCUT2D eigenvalue weighted by Gasteiger charge is 2.34. The fourth-order valence-electron chi connectivity index (χ4n) is 3.81. The maximum Gasteiger partial charge on any atom is 0.229 e. The average molecular weight is 418 g/mol. The lowest BCUT2D eigenvalue weighted by molar-refractivity contribution is -0.128. The van der Waals surface area contributed by atoms with Crippen LogP contribution in [-0.4, -0.2) is 30.4 Å². The summed E-state index contributed by atoms with van der Waals surface area (Å²) in [5, 5.41) is 2.98. The zero-order chi connectivity index (χ0) is 21.8. The SMILES string of the molecule is COc1ccc(-c2ccccc2NC(=O)[C@H]2CC(=O)N(Cc3cccc(F)c3)C2)cc1. The molecule has 0 bridgehead atoms. The number of ether oxygens (including phenoxy) is 1. The minimum atomic E-state index is -0.454. The minimum Gasteiger partial charge on any atom is -0.497 e. The van der Waals surface area contributed by atoms with E-state index in [1.165, 1.54) is 12.1 Å². The summed E-state index contributed by atoms with van der Waals surface area (Å²) >= 11 is 0. The number of halogens is 1. The first-order valence-corrected chi connectivity index (χ1v) is 10.1. The Morgan fingerprint density at radius 2 is 1.87 bits per heavy atom. The lowest BCUT2D eigenvalue weighted by atomic mass is 10.0. The molecule has 1 aliphatic rings. The molecular weight excluding hydrogens is 395 g/mol. The van der Waals surface area contributed by atoms with E-state index in [0.29, 0.717) is 24.3 Å². The van der Waals surface area contributed by atoms with Crippen molar-refractivity contribution in [1.82, 2.24) is 4.90 Å².